The Bertz CT molecular complexity index is 907. The van der Waals surface area contributed by atoms with E-state index in [1.54, 1.807) is 24.3 Å². The van der Waals surface area contributed by atoms with Gasteiger partial charge in [0.25, 0.3) is 0 Å². The standard InChI is InChI=1S/C23H34N2O11S/c1-10(28)24-16-20(32)21(15(9-27)35-22(16)34-13-6-4-12(33-3)5-7-13)37-23-17(25-11(2)29)19(31)18(30)14(8-26)36-23/h4-7,14-23,26-27,30-32H,8-9H2,1-3H3,(H,24,28)(H,25,29)/t14-,15-,16-,17-,18-,19-,20-,21-,22-,23+/m1/s1. The molecule has 1 aromatic rings. The van der Waals surface area contributed by atoms with Crippen molar-refractivity contribution >= 4 is 23.6 Å². The predicted octanol–water partition coefficient (Wildman–Crippen LogP) is -2.30. The Morgan fingerprint density at radius 1 is 0.865 bits per heavy atom. The summed E-state index contributed by atoms with van der Waals surface area (Å²) in [6.45, 7) is 1.33. The zero-order valence-electron chi connectivity index (χ0n) is 20.6. The molecule has 14 heteroatoms. The minimum Gasteiger partial charge on any atom is -0.497 e. The van der Waals surface area contributed by atoms with E-state index in [0.717, 1.165) is 11.8 Å². The highest BCUT2D eigenvalue weighted by atomic mass is 32.2. The van der Waals surface area contributed by atoms with Crippen LogP contribution in [0, 0.1) is 0 Å². The first-order valence-electron chi connectivity index (χ1n) is 11.7. The molecule has 0 radical (unpaired) electrons. The van der Waals surface area contributed by atoms with Gasteiger partial charge in [-0.2, -0.15) is 0 Å². The highest BCUT2D eigenvalue weighted by Crippen LogP contribution is 2.38. The highest BCUT2D eigenvalue weighted by molar-refractivity contribution is 8.00. The fourth-order valence-corrected chi connectivity index (χ4v) is 5.82. The summed E-state index contributed by atoms with van der Waals surface area (Å²) in [6.07, 6.45) is -7.68. The van der Waals surface area contributed by atoms with Crippen molar-refractivity contribution in [2.24, 2.45) is 0 Å². The Hall–Kier alpha value is -2.17. The lowest BCUT2D eigenvalue weighted by molar-refractivity contribution is -0.200. The van der Waals surface area contributed by atoms with Crippen LogP contribution in [-0.4, -0.2) is 117 Å². The number of thioether (sulfide) groups is 1. The molecule has 0 saturated carbocycles. The number of methoxy groups -OCH3 is 1. The maximum atomic E-state index is 12.0. The molecule has 2 heterocycles. The number of nitrogens with one attached hydrogen (secondary N) is 2. The van der Waals surface area contributed by atoms with Gasteiger partial charge in [-0.1, -0.05) is 0 Å². The number of ether oxygens (including phenoxy) is 4. The number of amides is 2. The van der Waals surface area contributed by atoms with Gasteiger partial charge in [0.1, 0.15) is 41.3 Å². The van der Waals surface area contributed by atoms with Crippen molar-refractivity contribution in [1.82, 2.24) is 10.6 Å². The van der Waals surface area contributed by atoms with Crippen LogP contribution in [-0.2, 0) is 19.1 Å². The van der Waals surface area contributed by atoms with Crippen LogP contribution >= 0.6 is 11.8 Å². The first kappa shape index (κ1) is 29.4. The monoisotopic (exact) mass is 546 g/mol. The van der Waals surface area contributed by atoms with Gasteiger partial charge in [-0.25, -0.2) is 0 Å². The summed E-state index contributed by atoms with van der Waals surface area (Å²) >= 11 is 0.924. The van der Waals surface area contributed by atoms with E-state index in [1.807, 2.05) is 0 Å². The van der Waals surface area contributed by atoms with Gasteiger partial charge in [0.2, 0.25) is 18.1 Å². The molecule has 2 aliphatic heterocycles. The van der Waals surface area contributed by atoms with Gasteiger partial charge in [-0.3, -0.25) is 9.59 Å². The summed E-state index contributed by atoms with van der Waals surface area (Å²) in [7, 11) is 1.52. The van der Waals surface area contributed by atoms with Crippen molar-refractivity contribution in [3.8, 4) is 11.5 Å². The molecule has 0 spiro atoms. The van der Waals surface area contributed by atoms with Crippen LogP contribution in [0.3, 0.4) is 0 Å². The van der Waals surface area contributed by atoms with E-state index in [2.05, 4.69) is 10.6 Å². The van der Waals surface area contributed by atoms with E-state index < -0.39 is 84.6 Å². The van der Waals surface area contributed by atoms with Crippen molar-refractivity contribution in [2.45, 2.75) is 73.4 Å². The molecule has 10 atom stereocenters. The largest absolute Gasteiger partial charge is 0.497 e. The quantitative estimate of drug-likeness (QED) is 0.175. The number of aliphatic hydroxyl groups is 5. The van der Waals surface area contributed by atoms with E-state index >= 15 is 0 Å². The van der Waals surface area contributed by atoms with Gasteiger partial charge in [0, 0.05) is 13.8 Å². The van der Waals surface area contributed by atoms with Gasteiger partial charge in [0.05, 0.1) is 43.8 Å². The van der Waals surface area contributed by atoms with E-state index in [9.17, 15) is 35.1 Å². The lowest BCUT2D eigenvalue weighted by Gasteiger charge is -2.47. The minimum atomic E-state index is -1.49. The summed E-state index contributed by atoms with van der Waals surface area (Å²) < 4.78 is 22.7. The summed E-state index contributed by atoms with van der Waals surface area (Å²) in [5, 5.41) is 56.0. The topological polar surface area (TPSA) is 196 Å². The summed E-state index contributed by atoms with van der Waals surface area (Å²) in [5.41, 5.74) is -1.06. The Balaban J connectivity index is 1.85. The molecule has 37 heavy (non-hydrogen) atoms. The number of carbonyl (C=O) groups excluding carboxylic acids is 2. The number of benzene rings is 1. The number of carbonyl (C=O) groups is 2. The Kier molecular flexibility index (Phi) is 10.4. The third-order valence-corrected chi connectivity index (χ3v) is 7.65. The third-order valence-electron chi connectivity index (χ3n) is 6.08. The molecule has 13 nitrogen and oxygen atoms in total. The predicted molar refractivity (Wildman–Crippen MR) is 130 cm³/mol. The molecule has 7 N–H and O–H groups in total. The van der Waals surface area contributed by atoms with Crippen LogP contribution in [0.15, 0.2) is 24.3 Å². The fourth-order valence-electron chi connectivity index (χ4n) is 4.25. The van der Waals surface area contributed by atoms with Crippen molar-refractivity contribution in [1.29, 1.82) is 0 Å². The van der Waals surface area contributed by atoms with Crippen molar-refractivity contribution in [3.63, 3.8) is 0 Å². The smallest absolute Gasteiger partial charge is 0.223 e. The van der Waals surface area contributed by atoms with Crippen LogP contribution in [0.1, 0.15) is 13.8 Å². The van der Waals surface area contributed by atoms with Gasteiger partial charge in [-0.05, 0) is 24.3 Å². The number of hydrogen-bond acceptors (Lipinski definition) is 12. The van der Waals surface area contributed by atoms with Gasteiger partial charge >= 0.3 is 0 Å². The zero-order chi connectivity index (χ0) is 27.3. The molecule has 2 amide bonds. The minimum absolute atomic E-state index is 0.361. The Labute approximate surface area is 218 Å². The second kappa shape index (κ2) is 13.1. The Morgan fingerprint density at radius 3 is 1.97 bits per heavy atom. The molecule has 0 bridgehead atoms. The molecule has 0 unspecified atom stereocenters. The van der Waals surface area contributed by atoms with Crippen LogP contribution in [0.25, 0.3) is 0 Å². The average Bonchev–Trinajstić information content (AvgIpc) is 2.87. The molecule has 2 aliphatic rings. The number of rotatable bonds is 9. The zero-order valence-corrected chi connectivity index (χ0v) is 21.4. The number of hydrogen-bond donors (Lipinski definition) is 7. The van der Waals surface area contributed by atoms with Crippen molar-refractivity contribution < 1.29 is 54.1 Å². The van der Waals surface area contributed by atoms with Gasteiger partial charge < -0.3 is 55.1 Å². The van der Waals surface area contributed by atoms with Crippen LogP contribution in [0.4, 0.5) is 0 Å². The molecular weight excluding hydrogens is 512 g/mol. The van der Waals surface area contributed by atoms with E-state index in [1.165, 1.54) is 21.0 Å². The molecule has 2 saturated heterocycles. The average molecular weight is 547 g/mol. The Morgan fingerprint density at radius 2 is 1.43 bits per heavy atom. The maximum absolute atomic E-state index is 12.0. The first-order valence-corrected chi connectivity index (χ1v) is 12.6. The molecular formula is C23H34N2O11S. The molecule has 3 rings (SSSR count). The lowest BCUT2D eigenvalue weighted by atomic mass is 9.98. The second-order valence-electron chi connectivity index (χ2n) is 8.77. The molecule has 208 valence electrons. The number of aliphatic hydroxyl groups excluding tert-OH is 5. The normalized spacial score (nSPS) is 35.9. The van der Waals surface area contributed by atoms with Crippen LogP contribution in [0.5, 0.6) is 11.5 Å². The van der Waals surface area contributed by atoms with Gasteiger partial charge in [-0.15, -0.1) is 11.8 Å². The molecule has 2 fully saturated rings. The molecule has 0 aromatic heterocycles. The highest BCUT2D eigenvalue weighted by Gasteiger charge is 2.51. The summed E-state index contributed by atoms with van der Waals surface area (Å²) in [5.74, 6) is -0.0163. The third kappa shape index (κ3) is 7.03. The summed E-state index contributed by atoms with van der Waals surface area (Å²) in [6, 6.07) is 4.35. The van der Waals surface area contributed by atoms with Gasteiger partial charge in [0.15, 0.2) is 0 Å². The van der Waals surface area contributed by atoms with Crippen LogP contribution < -0.4 is 20.1 Å². The first-order chi connectivity index (χ1) is 17.6. The molecule has 1 aromatic carbocycles. The van der Waals surface area contributed by atoms with Crippen molar-refractivity contribution in [2.75, 3.05) is 20.3 Å². The second-order valence-corrected chi connectivity index (χ2v) is 10.1. The van der Waals surface area contributed by atoms with Crippen molar-refractivity contribution in [3.05, 3.63) is 24.3 Å². The summed E-state index contributed by atoms with van der Waals surface area (Å²) in [4.78, 5) is 23.7. The van der Waals surface area contributed by atoms with E-state index in [-0.39, 0.29) is 0 Å². The van der Waals surface area contributed by atoms with E-state index in [0.29, 0.717) is 11.5 Å². The van der Waals surface area contributed by atoms with Crippen LogP contribution in [0.2, 0.25) is 0 Å². The lowest BCUT2D eigenvalue weighted by Crippen LogP contribution is -2.67. The van der Waals surface area contributed by atoms with E-state index in [4.69, 9.17) is 18.9 Å². The maximum Gasteiger partial charge on any atom is 0.223 e. The fraction of sp³-hybridized carbons (Fsp3) is 0.652. The molecule has 0 aliphatic carbocycles. The SMILES string of the molecule is COc1ccc(O[C@@H]2O[C@H](CO)[C@@H](S[C@@H]3O[C@H](CO)[C@@H](O)[C@H](O)[C@H]3NC(C)=O)[C@H](O)[C@H]2NC(C)=O)cc1.